The maximum absolute atomic E-state index is 13.3. The van der Waals surface area contributed by atoms with Crippen molar-refractivity contribution in [2.45, 2.75) is 19.3 Å². The molecule has 0 saturated carbocycles. The van der Waals surface area contributed by atoms with E-state index in [0.29, 0.717) is 11.3 Å². The van der Waals surface area contributed by atoms with Gasteiger partial charge in [-0.15, -0.1) is 11.3 Å². The SMILES string of the molecule is O=C(CN(C(=O)c1ccccc1Cl)N1C(=O)CCCC1=O)c1ccc(OC(=O)c2cccs2)cc1. The predicted molar refractivity (Wildman–Crippen MR) is 128 cm³/mol. The van der Waals surface area contributed by atoms with Crippen LogP contribution in [-0.4, -0.2) is 46.0 Å². The second-order valence-corrected chi connectivity index (χ2v) is 8.96. The quantitative estimate of drug-likeness (QED) is 0.202. The average molecular weight is 511 g/mol. The fraction of sp³-hybridized carbons (Fsp3) is 0.160. The molecule has 4 rings (SSSR count). The zero-order valence-corrected chi connectivity index (χ0v) is 19.9. The first-order chi connectivity index (χ1) is 16.8. The van der Waals surface area contributed by atoms with Crippen LogP contribution in [0.3, 0.4) is 0 Å². The molecule has 2 aromatic carbocycles. The highest BCUT2D eigenvalue weighted by molar-refractivity contribution is 7.12. The Morgan fingerprint density at radius 2 is 1.63 bits per heavy atom. The Balaban J connectivity index is 1.55. The lowest BCUT2D eigenvalue weighted by atomic mass is 10.1. The normalized spacial score (nSPS) is 13.5. The summed E-state index contributed by atoms with van der Waals surface area (Å²) in [6, 6.07) is 15.4. The molecule has 1 fully saturated rings. The molecule has 0 aliphatic carbocycles. The highest BCUT2D eigenvalue weighted by Gasteiger charge is 2.36. The molecule has 0 bridgehead atoms. The molecule has 10 heteroatoms. The zero-order valence-electron chi connectivity index (χ0n) is 18.3. The van der Waals surface area contributed by atoms with Crippen LogP contribution >= 0.6 is 22.9 Å². The standard InChI is InChI=1S/C25H19ClN2O6S/c26-19-6-2-1-5-18(19)24(32)27(28-22(30)8-3-9-23(28)31)15-20(29)16-10-12-17(13-11-16)34-25(33)21-7-4-14-35-21/h1-2,4-7,10-14H,3,8-9,15H2. The molecule has 8 nitrogen and oxygen atoms in total. The largest absolute Gasteiger partial charge is 0.422 e. The number of benzene rings is 2. The maximum atomic E-state index is 13.3. The van der Waals surface area contributed by atoms with Crippen LogP contribution in [0.15, 0.2) is 66.0 Å². The van der Waals surface area contributed by atoms with E-state index < -0.39 is 36.0 Å². The molecule has 1 aliphatic rings. The van der Waals surface area contributed by atoms with Crippen molar-refractivity contribution in [3.8, 4) is 5.75 Å². The Morgan fingerprint density at radius 3 is 2.26 bits per heavy atom. The molecular weight excluding hydrogens is 492 g/mol. The summed E-state index contributed by atoms with van der Waals surface area (Å²) in [6.07, 6.45) is 0.537. The van der Waals surface area contributed by atoms with Crippen LogP contribution in [-0.2, 0) is 9.59 Å². The number of amides is 3. The van der Waals surface area contributed by atoms with Crippen molar-refractivity contribution in [1.29, 1.82) is 0 Å². The Morgan fingerprint density at radius 1 is 0.943 bits per heavy atom. The van der Waals surface area contributed by atoms with Crippen molar-refractivity contribution in [1.82, 2.24) is 10.0 Å². The van der Waals surface area contributed by atoms with Gasteiger partial charge in [-0.05, 0) is 54.3 Å². The number of halogens is 1. The number of hydrogen-bond acceptors (Lipinski definition) is 7. The monoisotopic (exact) mass is 510 g/mol. The third kappa shape index (κ3) is 5.47. The number of nitrogens with zero attached hydrogens (tertiary/aromatic N) is 2. The van der Waals surface area contributed by atoms with Gasteiger partial charge in [-0.3, -0.25) is 19.2 Å². The lowest BCUT2D eigenvalue weighted by Crippen LogP contribution is -2.56. The summed E-state index contributed by atoms with van der Waals surface area (Å²) in [5, 5.41) is 3.47. The molecule has 1 aliphatic heterocycles. The van der Waals surface area contributed by atoms with E-state index in [2.05, 4.69) is 0 Å². The summed E-state index contributed by atoms with van der Waals surface area (Å²) >= 11 is 7.41. The number of hydrogen-bond donors (Lipinski definition) is 0. The molecule has 0 radical (unpaired) electrons. The smallest absolute Gasteiger partial charge is 0.353 e. The van der Waals surface area contributed by atoms with Gasteiger partial charge in [-0.2, -0.15) is 5.01 Å². The van der Waals surface area contributed by atoms with E-state index in [9.17, 15) is 24.0 Å². The minimum atomic E-state index is -0.742. The zero-order chi connectivity index (χ0) is 24.9. The Bertz CT molecular complexity index is 1270. The summed E-state index contributed by atoms with van der Waals surface area (Å²) in [6.45, 7) is -0.560. The highest BCUT2D eigenvalue weighted by Crippen LogP contribution is 2.23. The molecular formula is C25H19ClN2O6S. The molecule has 0 atom stereocenters. The fourth-order valence-electron chi connectivity index (χ4n) is 3.51. The molecule has 3 amide bonds. The topological polar surface area (TPSA) is 101 Å². The van der Waals surface area contributed by atoms with Crippen molar-refractivity contribution in [3.63, 3.8) is 0 Å². The molecule has 1 aromatic heterocycles. The molecule has 0 unspecified atom stereocenters. The van der Waals surface area contributed by atoms with Gasteiger partial charge in [0.05, 0.1) is 10.6 Å². The molecule has 178 valence electrons. The number of imide groups is 1. The molecule has 0 N–H and O–H groups in total. The Kier molecular flexibility index (Phi) is 7.38. The number of esters is 1. The first-order valence-electron chi connectivity index (χ1n) is 10.7. The number of thiophene rings is 1. The van der Waals surface area contributed by atoms with Gasteiger partial charge in [-0.25, -0.2) is 9.80 Å². The predicted octanol–water partition coefficient (Wildman–Crippen LogP) is 4.40. The Labute approximate surface area is 209 Å². The van der Waals surface area contributed by atoms with Crippen LogP contribution in [0.25, 0.3) is 0 Å². The average Bonchev–Trinajstić information content (AvgIpc) is 3.39. The fourth-order valence-corrected chi connectivity index (χ4v) is 4.32. The second kappa shape index (κ2) is 10.6. The summed E-state index contributed by atoms with van der Waals surface area (Å²) in [5.41, 5.74) is 0.263. The summed E-state index contributed by atoms with van der Waals surface area (Å²) in [5.74, 6) is -2.67. The minimum Gasteiger partial charge on any atom is -0.422 e. The van der Waals surface area contributed by atoms with Gasteiger partial charge in [0.1, 0.15) is 17.2 Å². The maximum Gasteiger partial charge on any atom is 0.353 e. The molecule has 1 saturated heterocycles. The van der Waals surface area contributed by atoms with Gasteiger partial charge in [0.2, 0.25) is 11.8 Å². The lowest BCUT2D eigenvalue weighted by Gasteiger charge is -2.35. The third-order valence-electron chi connectivity index (χ3n) is 5.24. The van der Waals surface area contributed by atoms with E-state index in [4.69, 9.17) is 16.3 Å². The van der Waals surface area contributed by atoms with E-state index in [1.54, 1.807) is 29.6 Å². The number of carbonyl (C=O) groups is 5. The first-order valence-corrected chi connectivity index (χ1v) is 11.9. The van der Waals surface area contributed by atoms with Crippen LogP contribution in [0.2, 0.25) is 5.02 Å². The van der Waals surface area contributed by atoms with Crippen LogP contribution in [0, 0.1) is 0 Å². The van der Waals surface area contributed by atoms with E-state index in [1.807, 2.05) is 0 Å². The number of hydrazine groups is 1. The van der Waals surface area contributed by atoms with Crippen LogP contribution in [0.4, 0.5) is 0 Å². The van der Waals surface area contributed by atoms with E-state index in [-0.39, 0.29) is 34.7 Å². The highest BCUT2D eigenvalue weighted by atomic mass is 35.5. The van der Waals surface area contributed by atoms with Crippen molar-refractivity contribution in [3.05, 3.63) is 87.1 Å². The number of piperidine rings is 1. The lowest BCUT2D eigenvalue weighted by molar-refractivity contribution is -0.162. The van der Waals surface area contributed by atoms with Crippen molar-refractivity contribution in [2.24, 2.45) is 0 Å². The van der Waals surface area contributed by atoms with Crippen LogP contribution in [0.1, 0.15) is 49.7 Å². The van der Waals surface area contributed by atoms with Gasteiger partial charge in [0.25, 0.3) is 5.91 Å². The van der Waals surface area contributed by atoms with Gasteiger partial charge in [-0.1, -0.05) is 29.8 Å². The van der Waals surface area contributed by atoms with Gasteiger partial charge >= 0.3 is 5.97 Å². The van der Waals surface area contributed by atoms with Crippen molar-refractivity contribution < 1.29 is 28.7 Å². The molecule has 3 aromatic rings. The minimum absolute atomic E-state index is 0.0592. The number of ether oxygens (including phenoxy) is 1. The van der Waals surface area contributed by atoms with Crippen molar-refractivity contribution in [2.75, 3.05) is 6.54 Å². The number of Topliss-reactive ketones (excluding diaryl/α,β-unsaturated/α-hetero) is 1. The van der Waals surface area contributed by atoms with Gasteiger partial charge < -0.3 is 4.74 Å². The third-order valence-corrected chi connectivity index (χ3v) is 6.42. The summed E-state index contributed by atoms with van der Waals surface area (Å²) < 4.78 is 5.29. The van der Waals surface area contributed by atoms with Gasteiger partial charge in [0, 0.05) is 18.4 Å². The summed E-state index contributed by atoms with van der Waals surface area (Å²) in [4.78, 5) is 64.0. The molecule has 2 heterocycles. The van der Waals surface area contributed by atoms with Crippen LogP contribution < -0.4 is 4.74 Å². The molecule has 0 spiro atoms. The summed E-state index contributed by atoms with van der Waals surface area (Å²) in [7, 11) is 0. The molecule has 35 heavy (non-hydrogen) atoms. The first kappa shape index (κ1) is 24.3. The van der Waals surface area contributed by atoms with E-state index in [0.717, 1.165) is 10.0 Å². The second-order valence-electron chi connectivity index (χ2n) is 7.61. The van der Waals surface area contributed by atoms with E-state index in [1.165, 1.54) is 47.7 Å². The van der Waals surface area contributed by atoms with Crippen molar-refractivity contribution >= 4 is 52.4 Å². The van der Waals surface area contributed by atoms with Gasteiger partial charge in [0.15, 0.2) is 5.78 Å². The number of carbonyl (C=O) groups excluding carboxylic acids is 5. The number of rotatable bonds is 7. The Hall–Kier alpha value is -3.82. The van der Waals surface area contributed by atoms with E-state index >= 15 is 0 Å². The van der Waals surface area contributed by atoms with Crippen LogP contribution in [0.5, 0.6) is 5.75 Å². The number of ketones is 1.